The standard InChI is InChI=1S/C21H26N4O2/c1-22-21(25-11-7-17-4-2-3-5-19(17)25)24-15-16-6-10-23-20(14-16)27-18-8-12-26-13-9-18/h2-6,10,14,18H,7-9,11-13,15H2,1H3,(H,22,24). The lowest BCUT2D eigenvalue weighted by Crippen LogP contribution is -2.40. The van der Waals surface area contributed by atoms with Crippen LogP contribution >= 0.6 is 0 Å². The highest BCUT2D eigenvalue weighted by atomic mass is 16.5. The van der Waals surface area contributed by atoms with E-state index in [-0.39, 0.29) is 6.10 Å². The third-order valence-electron chi connectivity index (χ3n) is 5.06. The maximum atomic E-state index is 6.02. The Kier molecular flexibility index (Phi) is 5.53. The molecule has 4 rings (SSSR count). The van der Waals surface area contributed by atoms with Gasteiger partial charge < -0.3 is 19.7 Å². The van der Waals surface area contributed by atoms with Crippen molar-refractivity contribution in [2.24, 2.45) is 4.99 Å². The van der Waals surface area contributed by atoms with E-state index in [9.17, 15) is 0 Å². The van der Waals surface area contributed by atoms with Gasteiger partial charge in [0.15, 0.2) is 5.96 Å². The molecular formula is C21H26N4O2. The van der Waals surface area contributed by atoms with Gasteiger partial charge in [-0.25, -0.2) is 4.98 Å². The van der Waals surface area contributed by atoms with Crippen LogP contribution in [0, 0.1) is 0 Å². The summed E-state index contributed by atoms with van der Waals surface area (Å²) in [6.07, 6.45) is 4.90. The van der Waals surface area contributed by atoms with E-state index in [0.717, 1.165) is 50.5 Å². The fourth-order valence-electron chi connectivity index (χ4n) is 3.62. The maximum Gasteiger partial charge on any atom is 0.213 e. The number of aliphatic imine (C=N–C) groups is 1. The zero-order valence-corrected chi connectivity index (χ0v) is 15.7. The number of aromatic nitrogens is 1. The van der Waals surface area contributed by atoms with Crippen molar-refractivity contribution in [3.63, 3.8) is 0 Å². The van der Waals surface area contributed by atoms with Gasteiger partial charge in [0.25, 0.3) is 0 Å². The first-order valence-electron chi connectivity index (χ1n) is 9.59. The molecule has 0 aliphatic carbocycles. The van der Waals surface area contributed by atoms with E-state index >= 15 is 0 Å². The summed E-state index contributed by atoms with van der Waals surface area (Å²) in [5.41, 5.74) is 3.74. The third kappa shape index (κ3) is 4.22. The first-order chi connectivity index (χ1) is 13.3. The smallest absolute Gasteiger partial charge is 0.213 e. The summed E-state index contributed by atoms with van der Waals surface area (Å²) >= 11 is 0. The van der Waals surface area contributed by atoms with Crippen LogP contribution in [-0.2, 0) is 17.7 Å². The second-order valence-corrected chi connectivity index (χ2v) is 6.86. The van der Waals surface area contributed by atoms with E-state index in [1.807, 2.05) is 19.2 Å². The molecule has 6 nitrogen and oxygen atoms in total. The number of para-hydroxylation sites is 1. The molecule has 0 radical (unpaired) electrons. The number of pyridine rings is 1. The Morgan fingerprint density at radius 2 is 2.15 bits per heavy atom. The molecule has 0 saturated carbocycles. The number of benzene rings is 1. The fourth-order valence-corrected chi connectivity index (χ4v) is 3.62. The summed E-state index contributed by atoms with van der Waals surface area (Å²) in [5, 5.41) is 3.47. The van der Waals surface area contributed by atoms with E-state index in [1.54, 1.807) is 6.20 Å². The molecular weight excluding hydrogens is 340 g/mol. The van der Waals surface area contributed by atoms with Crippen molar-refractivity contribution in [3.05, 3.63) is 53.7 Å². The van der Waals surface area contributed by atoms with Gasteiger partial charge >= 0.3 is 0 Å². The molecule has 6 heteroatoms. The summed E-state index contributed by atoms with van der Waals surface area (Å²) in [4.78, 5) is 11.1. The van der Waals surface area contributed by atoms with Crippen LogP contribution in [0.15, 0.2) is 47.6 Å². The zero-order valence-electron chi connectivity index (χ0n) is 15.7. The van der Waals surface area contributed by atoms with Crippen LogP contribution in [0.3, 0.4) is 0 Å². The molecule has 0 bridgehead atoms. The number of fused-ring (bicyclic) bond motifs is 1. The number of nitrogens with zero attached hydrogens (tertiary/aromatic N) is 3. The molecule has 0 unspecified atom stereocenters. The number of nitrogens with one attached hydrogen (secondary N) is 1. The van der Waals surface area contributed by atoms with Crippen LogP contribution in [0.4, 0.5) is 5.69 Å². The van der Waals surface area contributed by atoms with Crippen LogP contribution in [0.25, 0.3) is 0 Å². The molecule has 0 atom stereocenters. The van der Waals surface area contributed by atoms with Crippen molar-refractivity contribution < 1.29 is 9.47 Å². The molecule has 0 amide bonds. The molecule has 2 aromatic rings. The van der Waals surface area contributed by atoms with Gasteiger partial charge in [0.1, 0.15) is 6.10 Å². The Labute approximate surface area is 160 Å². The topological polar surface area (TPSA) is 59.0 Å². The Morgan fingerprint density at radius 1 is 1.30 bits per heavy atom. The normalized spacial score (nSPS) is 17.7. The molecule has 2 aliphatic heterocycles. The van der Waals surface area contributed by atoms with Crippen molar-refractivity contribution in [2.75, 3.05) is 31.7 Å². The molecule has 1 saturated heterocycles. The van der Waals surface area contributed by atoms with Gasteiger partial charge in [0.2, 0.25) is 5.88 Å². The summed E-state index contributed by atoms with van der Waals surface area (Å²) in [5.74, 6) is 1.58. The lowest BCUT2D eigenvalue weighted by Gasteiger charge is -2.23. The van der Waals surface area contributed by atoms with Crippen molar-refractivity contribution in [2.45, 2.75) is 31.9 Å². The SMILES string of the molecule is CN=C(NCc1ccnc(OC2CCOCC2)c1)N1CCc2ccccc21. The van der Waals surface area contributed by atoms with Gasteiger partial charge in [-0.3, -0.25) is 4.99 Å². The minimum Gasteiger partial charge on any atom is -0.474 e. The first kappa shape index (κ1) is 17.8. The largest absolute Gasteiger partial charge is 0.474 e. The second-order valence-electron chi connectivity index (χ2n) is 6.86. The molecule has 1 N–H and O–H groups in total. The van der Waals surface area contributed by atoms with Crippen molar-refractivity contribution >= 4 is 11.6 Å². The second kappa shape index (κ2) is 8.39. The average molecular weight is 366 g/mol. The summed E-state index contributed by atoms with van der Waals surface area (Å²) in [6.45, 7) is 3.16. The predicted octanol–water partition coefficient (Wildman–Crippen LogP) is 2.78. The summed E-state index contributed by atoms with van der Waals surface area (Å²) in [6, 6.07) is 12.5. The Balaban J connectivity index is 1.38. The number of rotatable bonds is 4. The predicted molar refractivity (Wildman–Crippen MR) is 106 cm³/mol. The van der Waals surface area contributed by atoms with E-state index in [0.29, 0.717) is 12.4 Å². The zero-order chi connectivity index (χ0) is 18.5. The van der Waals surface area contributed by atoms with Gasteiger partial charge in [-0.1, -0.05) is 18.2 Å². The van der Waals surface area contributed by atoms with Crippen molar-refractivity contribution in [1.29, 1.82) is 0 Å². The minimum atomic E-state index is 0.198. The van der Waals surface area contributed by atoms with E-state index < -0.39 is 0 Å². The summed E-state index contributed by atoms with van der Waals surface area (Å²) < 4.78 is 11.4. The molecule has 142 valence electrons. The van der Waals surface area contributed by atoms with Gasteiger partial charge in [-0.15, -0.1) is 0 Å². The van der Waals surface area contributed by atoms with Gasteiger partial charge in [0, 0.05) is 50.9 Å². The van der Waals surface area contributed by atoms with Gasteiger partial charge in [-0.2, -0.15) is 0 Å². The number of hydrogen-bond acceptors (Lipinski definition) is 4. The average Bonchev–Trinajstić information content (AvgIpc) is 3.14. The van der Waals surface area contributed by atoms with Crippen molar-refractivity contribution in [1.82, 2.24) is 10.3 Å². The molecule has 3 heterocycles. The van der Waals surface area contributed by atoms with Crippen LogP contribution in [-0.4, -0.2) is 43.9 Å². The monoisotopic (exact) mass is 366 g/mol. The van der Waals surface area contributed by atoms with Crippen LogP contribution in [0.2, 0.25) is 0 Å². The quantitative estimate of drug-likeness (QED) is 0.666. The fraction of sp³-hybridized carbons (Fsp3) is 0.429. The number of ether oxygens (including phenoxy) is 2. The highest BCUT2D eigenvalue weighted by molar-refractivity contribution is 5.97. The van der Waals surface area contributed by atoms with Crippen LogP contribution in [0.1, 0.15) is 24.0 Å². The number of hydrogen-bond donors (Lipinski definition) is 1. The third-order valence-corrected chi connectivity index (χ3v) is 5.06. The Bertz CT molecular complexity index is 802. The number of guanidine groups is 1. The highest BCUT2D eigenvalue weighted by Crippen LogP contribution is 2.27. The molecule has 1 aromatic carbocycles. The molecule has 2 aliphatic rings. The molecule has 27 heavy (non-hydrogen) atoms. The van der Waals surface area contributed by atoms with E-state index in [2.05, 4.69) is 44.5 Å². The maximum absolute atomic E-state index is 6.02. The Hall–Kier alpha value is -2.60. The summed E-state index contributed by atoms with van der Waals surface area (Å²) in [7, 11) is 1.83. The first-order valence-corrected chi connectivity index (χ1v) is 9.59. The minimum absolute atomic E-state index is 0.198. The highest BCUT2D eigenvalue weighted by Gasteiger charge is 2.22. The lowest BCUT2D eigenvalue weighted by molar-refractivity contribution is 0.0237. The van der Waals surface area contributed by atoms with Crippen LogP contribution in [0.5, 0.6) is 5.88 Å². The lowest BCUT2D eigenvalue weighted by atomic mass is 10.1. The molecule has 0 spiro atoms. The van der Waals surface area contributed by atoms with E-state index in [4.69, 9.17) is 9.47 Å². The van der Waals surface area contributed by atoms with E-state index in [1.165, 1.54) is 11.3 Å². The molecule has 1 fully saturated rings. The number of anilines is 1. The van der Waals surface area contributed by atoms with Gasteiger partial charge in [0.05, 0.1) is 13.2 Å². The Morgan fingerprint density at radius 3 is 3.00 bits per heavy atom. The van der Waals surface area contributed by atoms with Crippen LogP contribution < -0.4 is 15.0 Å². The molecule has 1 aromatic heterocycles. The van der Waals surface area contributed by atoms with Crippen molar-refractivity contribution in [3.8, 4) is 5.88 Å². The van der Waals surface area contributed by atoms with Gasteiger partial charge in [-0.05, 0) is 29.7 Å².